The van der Waals surface area contributed by atoms with Crippen LogP contribution in [0, 0.1) is 0 Å². The molecule has 0 N–H and O–H groups in total. The molecule has 1 heterocycles. The first-order chi connectivity index (χ1) is 12.7. The molecule has 0 bridgehead atoms. The highest BCUT2D eigenvalue weighted by Crippen LogP contribution is 2.30. The van der Waals surface area contributed by atoms with Crippen LogP contribution >= 0.6 is 11.6 Å². The predicted octanol–water partition coefficient (Wildman–Crippen LogP) is 5.30. The van der Waals surface area contributed by atoms with Crippen molar-refractivity contribution in [2.75, 3.05) is 0 Å². The Hall–Kier alpha value is -3.11. The zero-order valence-corrected chi connectivity index (χ0v) is 14.4. The summed E-state index contributed by atoms with van der Waals surface area (Å²) in [6.45, 7) is 0. The lowest BCUT2D eigenvalue weighted by Gasteiger charge is -2.04. The van der Waals surface area contributed by atoms with Gasteiger partial charge < -0.3 is 9.26 Å². The van der Waals surface area contributed by atoms with E-state index in [1.54, 1.807) is 36.4 Å². The second-order valence-corrected chi connectivity index (χ2v) is 6.27. The SMILES string of the molecule is O=C(Cc1ccc(Cl)cc1)Oc1ccc2c(-c3ccccc3)noc2c1. The Balaban J connectivity index is 1.53. The lowest BCUT2D eigenvalue weighted by Crippen LogP contribution is -2.11. The molecule has 0 radical (unpaired) electrons. The predicted molar refractivity (Wildman–Crippen MR) is 100 cm³/mol. The van der Waals surface area contributed by atoms with Crippen molar-refractivity contribution in [1.82, 2.24) is 5.16 Å². The molecule has 0 unspecified atom stereocenters. The van der Waals surface area contributed by atoms with Crippen molar-refractivity contribution >= 4 is 28.5 Å². The van der Waals surface area contributed by atoms with Gasteiger partial charge in [0.25, 0.3) is 0 Å². The molecular weight excluding hydrogens is 350 g/mol. The number of hydrogen-bond acceptors (Lipinski definition) is 4. The van der Waals surface area contributed by atoms with Crippen LogP contribution in [0.1, 0.15) is 5.56 Å². The van der Waals surface area contributed by atoms with Gasteiger partial charge in [-0.3, -0.25) is 4.79 Å². The Morgan fingerprint density at radius 1 is 1.00 bits per heavy atom. The van der Waals surface area contributed by atoms with Crippen LogP contribution in [0.3, 0.4) is 0 Å². The van der Waals surface area contributed by atoms with Gasteiger partial charge in [-0.1, -0.05) is 59.2 Å². The van der Waals surface area contributed by atoms with E-state index in [0.29, 0.717) is 16.4 Å². The summed E-state index contributed by atoms with van der Waals surface area (Å²) in [6, 6.07) is 22.1. The van der Waals surface area contributed by atoms with Gasteiger partial charge in [0.1, 0.15) is 11.4 Å². The fraction of sp³-hybridized carbons (Fsp3) is 0.0476. The average molecular weight is 364 g/mol. The third-order valence-corrected chi connectivity index (χ3v) is 4.24. The number of rotatable bonds is 4. The van der Waals surface area contributed by atoms with Crippen molar-refractivity contribution < 1.29 is 14.1 Å². The summed E-state index contributed by atoms with van der Waals surface area (Å²) in [5, 5.41) is 5.63. The maximum absolute atomic E-state index is 12.1. The number of nitrogens with zero attached hydrogens (tertiary/aromatic N) is 1. The maximum Gasteiger partial charge on any atom is 0.315 e. The summed E-state index contributed by atoms with van der Waals surface area (Å²) in [4.78, 5) is 12.1. The molecule has 1 aromatic heterocycles. The number of carbonyl (C=O) groups is 1. The fourth-order valence-electron chi connectivity index (χ4n) is 2.72. The number of halogens is 1. The first kappa shape index (κ1) is 16.4. The van der Waals surface area contributed by atoms with Crippen LogP contribution in [-0.2, 0) is 11.2 Å². The Bertz CT molecular complexity index is 1060. The van der Waals surface area contributed by atoms with Crippen molar-refractivity contribution in [3.05, 3.63) is 83.4 Å². The van der Waals surface area contributed by atoms with Gasteiger partial charge in [-0.25, -0.2) is 0 Å². The van der Waals surface area contributed by atoms with Gasteiger partial charge in [0.15, 0.2) is 5.58 Å². The molecule has 4 rings (SSSR count). The van der Waals surface area contributed by atoms with Crippen LogP contribution in [-0.4, -0.2) is 11.1 Å². The molecular formula is C21H14ClNO3. The van der Waals surface area contributed by atoms with Crippen LogP contribution in [0.15, 0.2) is 77.3 Å². The lowest BCUT2D eigenvalue weighted by atomic mass is 10.1. The summed E-state index contributed by atoms with van der Waals surface area (Å²) in [5.41, 5.74) is 3.14. The second kappa shape index (κ2) is 7.02. The maximum atomic E-state index is 12.1. The van der Waals surface area contributed by atoms with E-state index in [9.17, 15) is 4.79 Å². The van der Waals surface area contributed by atoms with E-state index in [4.69, 9.17) is 20.9 Å². The molecule has 4 nitrogen and oxygen atoms in total. The molecule has 3 aromatic carbocycles. The molecule has 26 heavy (non-hydrogen) atoms. The molecule has 0 atom stereocenters. The number of carbonyl (C=O) groups excluding carboxylic acids is 1. The number of hydrogen-bond donors (Lipinski definition) is 0. The minimum Gasteiger partial charge on any atom is -0.426 e. The van der Waals surface area contributed by atoms with Crippen LogP contribution in [0.5, 0.6) is 5.75 Å². The van der Waals surface area contributed by atoms with Crippen molar-refractivity contribution in [3.8, 4) is 17.0 Å². The average Bonchev–Trinajstić information content (AvgIpc) is 3.07. The topological polar surface area (TPSA) is 52.3 Å². The molecule has 0 saturated heterocycles. The fourth-order valence-corrected chi connectivity index (χ4v) is 2.85. The largest absolute Gasteiger partial charge is 0.426 e. The molecule has 0 amide bonds. The first-order valence-electron chi connectivity index (χ1n) is 8.09. The van der Waals surface area contributed by atoms with E-state index in [1.807, 2.05) is 36.4 Å². The Kier molecular flexibility index (Phi) is 4.42. The van der Waals surface area contributed by atoms with E-state index < -0.39 is 0 Å². The van der Waals surface area contributed by atoms with Gasteiger partial charge in [-0.15, -0.1) is 0 Å². The zero-order valence-electron chi connectivity index (χ0n) is 13.7. The van der Waals surface area contributed by atoms with Crippen LogP contribution in [0.4, 0.5) is 0 Å². The molecule has 0 aliphatic carbocycles. The summed E-state index contributed by atoms with van der Waals surface area (Å²) in [7, 11) is 0. The third kappa shape index (κ3) is 3.46. The highest BCUT2D eigenvalue weighted by atomic mass is 35.5. The molecule has 4 aromatic rings. The molecule has 0 spiro atoms. The summed E-state index contributed by atoms with van der Waals surface area (Å²) in [5.74, 6) is 0.0710. The Labute approximate surface area is 155 Å². The number of benzene rings is 3. The van der Waals surface area contributed by atoms with Gasteiger partial charge in [-0.05, 0) is 29.8 Å². The minimum atomic E-state index is -0.352. The van der Waals surface area contributed by atoms with E-state index in [2.05, 4.69) is 5.16 Å². The molecule has 0 saturated carbocycles. The van der Waals surface area contributed by atoms with Crippen molar-refractivity contribution in [1.29, 1.82) is 0 Å². The molecule has 5 heteroatoms. The Morgan fingerprint density at radius 2 is 1.77 bits per heavy atom. The summed E-state index contributed by atoms with van der Waals surface area (Å²) < 4.78 is 10.8. The standard InChI is InChI=1S/C21H14ClNO3/c22-16-8-6-14(7-9-16)12-20(24)25-17-10-11-18-19(13-17)26-23-21(18)15-4-2-1-3-5-15/h1-11,13H,12H2. The summed E-state index contributed by atoms with van der Waals surface area (Å²) >= 11 is 5.85. The molecule has 0 aliphatic heterocycles. The lowest BCUT2D eigenvalue weighted by molar-refractivity contribution is -0.133. The third-order valence-electron chi connectivity index (χ3n) is 3.98. The molecule has 0 fully saturated rings. The molecule has 0 aliphatic rings. The van der Waals surface area contributed by atoms with E-state index >= 15 is 0 Å². The van der Waals surface area contributed by atoms with Crippen LogP contribution in [0.25, 0.3) is 22.2 Å². The van der Waals surface area contributed by atoms with Gasteiger partial charge in [0.2, 0.25) is 0 Å². The van der Waals surface area contributed by atoms with Crippen LogP contribution < -0.4 is 4.74 Å². The zero-order chi connectivity index (χ0) is 17.9. The number of esters is 1. The quantitative estimate of drug-likeness (QED) is 0.365. The highest BCUT2D eigenvalue weighted by Gasteiger charge is 2.13. The van der Waals surface area contributed by atoms with Gasteiger partial charge in [-0.2, -0.15) is 0 Å². The van der Waals surface area contributed by atoms with Crippen LogP contribution in [0.2, 0.25) is 5.02 Å². The second-order valence-electron chi connectivity index (χ2n) is 5.83. The number of fused-ring (bicyclic) bond motifs is 1. The van der Waals surface area contributed by atoms with E-state index in [0.717, 1.165) is 22.2 Å². The van der Waals surface area contributed by atoms with Gasteiger partial charge in [0, 0.05) is 22.0 Å². The smallest absolute Gasteiger partial charge is 0.315 e. The normalized spacial score (nSPS) is 10.8. The number of aromatic nitrogens is 1. The first-order valence-corrected chi connectivity index (χ1v) is 8.47. The van der Waals surface area contributed by atoms with Gasteiger partial charge in [0.05, 0.1) is 6.42 Å². The van der Waals surface area contributed by atoms with Crippen molar-refractivity contribution in [2.24, 2.45) is 0 Å². The van der Waals surface area contributed by atoms with Crippen molar-refractivity contribution in [2.45, 2.75) is 6.42 Å². The minimum absolute atomic E-state index is 0.168. The van der Waals surface area contributed by atoms with Crippen molar-refractivity contribution in [3.63, 3.8) is 0 Å². The highest BCUT2D eigenvalue weighted by molar-refractivity contribution is 6.30. The Morgan fingerprint density at radius 3 is 2.54 bits per heavy atom. The monoisotopic (exact) mass is 363 g/mol. The summed E-state index contributed by atoms with van der Waals surface area (Å²) in [6.07, 6.45) is 0.168. The molecule has 128 valence electrons. The van der Waals surface area contributed by atoms with E-state index in [-0.39, 0.29) is 12.4 Å². The van der Waals surface area contributed by atoms with Gasteiger partial charge >= 0.3 is 5.97 Å². The van der Waals surface area contributed by atoms with E-state index in [1.165, 1.54) is 0 Å². The number of ether oxygens (including phenoxy) is 1.